The van der Waals surface area contributed by atoms with E-state index in [0.717, 1.165) is 6.29 Å². The third-order valence-corrected chi connectivity index (χ3v) is 0.118. The molecule has 0 aromatic rings. The summed E-state index contributed by atoms with van der Waals surface area (Å²) in [5.41, 5.74) is 0. The second-order valence-corrected chi connectivity index (χ2v) is 0.772. The molecule has 0 amide bonds. The molecule has 0 radical (unpaired) electrons. The molecule has 0 saturated heterocycles. The number of aliphatic hydroxyl groups is 1. The van der Waals surface area contributed by atoms with Crippen LogP contribution in [0, 0.1) is 6.92 Å². The van der Waals surface area contributed by atoms with Gasteiger partial charge in [0.25, 0.3) is 0 Å². The van der Waals surface area contributed by atoms with E-state index >= 15 is 0 Å². The Balaban J connectivity index is -0.0000000233. The maximum Gasteiger partial charge on any atom is 0.0898 e. The molecule has 0 aliphatic carbocycles. The molecule has 9 heavy (non-hydrogen) atoms. The summed E-state index contributed by atoms with van der Waals surface area (Å²) < 4.78 is 0. The molecular formula is C5H12BrO2Zn-. The normalized spacial score (nSPS) is 4.78. The van der Waals surface area contributed by atoms with Gasteiger partial charge in [-0.15, -0.1) is 23.4 Å². The molecule has 0 aliphatic heterocycles. The van der Waals surface area contributed by atoms with Gasteiger partial charge in [0.2, 0.25) is 0 Å². The summed E-state index contributed by atoms with van der Waals surface area (Å²) in [6, 6.07) is 0. The molecule has 0 heterocycles. The van der Waals surface area contributed by atoms with Gasteiger partial charge in [-0.05, 0) is 6.92 Å². The van der Waals surface area contributed by atoms with E-state index in [9.17, 15) is 0 Å². The molecular weight excluding hydrogens is 237 g/mol. The number of hydrogen-bond donors (Lipinski definition) is 1. The summed E-state index contributed by atoms with van der Waals surface area (Å²) in [4.78, 5) is 9.11. The molecule has 0 bridgehead atoms. The summed E-state index contributed by atoms with van der Waals surface area (Å²) in [5, 5.41) is 7.57. The van der Waals surface area contributed by atoms with Crippen molar-refractivity contribution in [2.24, 2.45) is 0 Å². The first-order chi connectivity index (χ1) is 3.33. The van der Waals surface area contributed by atoms with E-state index in [1.165, 1.54) is 0 Å². The van der Waals surface area contributed by atoms with Gasteiger partial charge >= 0.3 is 0 Å². The van der Waals surface area contributed by atoms with Crippen LogP contribution >= 0.6 is 17.0 Å². The van der Waals surface area contributed by atoms with Crippen LogP contribution in [0.2, 0.25) is 0 Å². The SMILES string of the molecule is Br.CCO.[CH2-]CC=O.[Zn]. The van der Waals surface area contributed by atoms with E-state index in [2.05, 4.69) is 6.92 Å². The minimum Gasteiger partial charge on any atom is -0.397 e. The largest absolute Gasteiger partial charge is 0.397 e. The van der Waals surface area contributed by atoms with E-state index in [0.29, 0.717) is 6.42 Å². The van der Waals surface area contributed by atoms with E-state index < -0.39 is 0 Å². The van der Waals surface area contributed by atoms with Crippen molar-refractivity contribution in [3.63, 3.8) is 0 Å². The Kier molecular flexibility index (Phi) is 94.0. The summed E-state index contributed by atoms with van der Waals surface area (Å²) >= 11 is 0. The number of halogens is 1. The van der Waals surface area contributed by atoms with Gasteiger partial charge in [0.15, 0.2) is 0 Å². The minimum absolute atomic E-state index is 0. The Hall–Kier alpha value is 0.733. The van der Waals surface area contributed by atoms with E-state index in [4.69, 9.17) is 9.90 Å². The van der Waals surface area contributed by atoms with Crippen LogP contribution in [-0.2, 0) is 24.3 Å². The van der Waals surface area contributed by atoms with Crippen LogP contribution in [0.15, 0.2) is 0 Å². The second kappa shape index (κ2) is 37.5. The fraction of sp³-hybridized carbons (Fsp3) is 0.600. The fourth-order valence-corrected chi connectivity index (χ4v) is 0. The summed E-state index contributed by atoms with van der Waals surface area (Å²) in [6.07, 6.45) is 1.15. The molecule has 0 rings (SSSR count). The van der Waals surface area contributed by atoms with Crippen molar-refractivity contribution in [1.82, 2.24) is 0 Å². The molecule has 2 nitrogen and oxygen atoms in total. The quantitative estimate of drug-likeness (QED) is 0.427. The zero-order valence-electron chi connectivity index (χ0n) is 5.67. The van der Waals surface area contributed by atoms with Crippen molar-refractivity contribution in [1.29, 1.82) is 0 Å². The van der Waals surface area contributed by atoms with Crippen molar-refractivity contribution >= 4 is 23.3 Å². The number of carbonyl (C=O) groups is 1. The van der Waals surface area contributed by atoms with Gasteiger partial charge in [0.1, 0.15) is 0 Å². The van der Waals surface area contributed by atoms with E-state index in [1.807, 2.05) is 0 Å². The van der Waals surface area contributed by atoms with Crippen molar-refractivity contribution in [3.05, 3.63) is 6.92 Å². The van der Waals surface area contributed by atoms with Gasteiger partial charge in [0, 0.05) is 26.1 Å². The van der Waals surface area contributed by atoms with Crippen molar-refractivity contribution < 1.29 is 29.4 Å². The Morgan fingerprint density at radius 3 is 1.78 bits per heavy atom. The van der Waals surface area contributed by atoms with E-state index in [-0.39, 0.29) is 43.1 Å². The molecule has 0 aromatic heterocycles. The molecule has 54 valence electrons. The Morgan fingerprint density at radius 1 is 1.67 bits per heavy atom. The number of hydrogen-bond acceptors (Lipinski definition) is 2. The Morgan fingerprint density at radius 2 is 1.78 bits per heavy atom. The van der Waals surface area contributed by atoms with Gasteiger partial charge < -0.3 is 16.8 Å². The smallest absolute Gasteiger partial charge is 0.0898 e. The third kappa shape index (κ3) is 132. The monoisotopic (exact) mass is 247 g/mol. The van der Waals surface area contributed by atoms with Gasteiger partial charge in [-0.25, -0.2) is 0 Å². The minimum atomic E-state index is 0. The molecule has 0 unspecified atom stereocenters. The number of aliphatic hydroxyl groups excluding tert-OH is 1. The zero-order chi connectivity index (χ0) is 6.12. The predicted molar refractivity (Wildman–Crippen MR) is 39.1 cm³/mol. The van der Waals surface area contributed by atoms with Crippen molar-refractivity contribution in [3.8, 4) is 0 Å². The number of carbonyl (C=O) groups excluding carboxylic acids is 1. The van der Waals surface area contributed by atoms with Crippen LogP contribution in [0.4, 0.5) is 0 Å². The molecule has 0 aromatic carbocycles. The van der Waals surface area contributed by atoms with E-state index in [1.54, 1.807) is 6.92 Å². The fourth-order valence-electron chi connectivity index (χ4n) is 0. The first kappa shape index (κ1) is 22.6. The topological polar surface area (TPSA) is 37.3 Å². The maximum absolute atomic E-state index is 9.11. The Labute approximate surface area is 79.6 Å². The predicted octanol–water partition coefficient (Wildman–Crippen LogP) is 0.983. The van der Waals surface area contributed by atoms with Crippen LogP contribution in [-0.4, -0.2) is 18.0 Å². The Bertz CT molecular complexity index is 36.1. The maximum atomic E-state index is 9.11. The van der Waals surface area contributed by atoms with Crippen LogP contribution in [0.5, 0.6) is 0 Å². The first-order valence-electron chi connectivity index (χ1n) is 2.17. The molecule has 0 aliphatic rings. The third-order valence-electron chi connectivity index (χ3n) is 0.118. The van der Waals surface area contributed by atoms with Gasteiger partial charge in [-0.2, -0.15) is 0 Å². The number of rotatable bonds is 1. The van der Waals surface area contributed by atoms with Crippen LogP contribution < -0.4 is 0 Å². The summed E-state index contributed by atoms with van der Waals surface area (Å²) in [7, 11) is 0. The van der Waals surface area contributed by atoms with Crippen LogP contribution in [0.25, 0.3) is 0 Å². The first-order valence-corrected chi connectivity index (χ1v) is 2.17. The summed E-state index contributed by atoms with van der Waals surface area (Å²) in [6.45, 7) is 5.17. The van der Waals surface area contributed by atoms with Crippen molar-refractivity contribution in [2.45, 2.75) is 13.3 Å². The van der Waals surface area contributed by atoms with Crippen LogP contribution in [0.1, 0.15) is 13.3 Å². The molecule has 4 heteroatoms. The molecule has 0 spiro atoms. The molecule has 0 fully saturated rings. The van der Waals surface area contributed by atoms with Crippen molar-refractivity contribution in [2.75, 3.05) is 6.61 Å². The van der Waals surface area contributed by atoms with Gasteiger partial charge in [-0.1, -0.05) is 0 Å². The molecule has 0 saturated carbocycles. The standard InChI is InChI=1S/C3H5O.C2H6O.BrH.Zn/c1-2-3-4;1-2-3;;/h3H,1-2H2;3H,2H2,1H3;1H;/q-1;;;. The van der Waals surface area contributed by atoms with Crippen LogP contribution in [0.3, 0.4) is 0 Å². The average molecular weight is 249 g/mol. The molecule has 0 atom stereocenters. The zero-order valence-corrected chi connectivity index (χ0v) is 10.3. The second-order valence-electron chi connectivity index (χ2n) is 0.772. The molecule has 1 N–H and O–H groups in total. The summed E-state index contributed by atoms with van der Waals surface area (Å²) in [5.74, 6) is 0. The number of aldehydes is 1. The van der Waals surface area contributed by atoms with Gasteiger partial charge in [-0.3, -0.25) is 0 Å². The average Bonchev–Trinajstić information content (AvgIpc) is 1.69. The van der Waals surface area contributed by atoms with Gasteiger partial charge in [0.05, 0.1) is 6.29 Å².